The number of benzene rings is 2. The van der Waals surface area contributed by atoms with E-state index >= 15 is 0 Å². The van der Waals surface area contributed by atoms with Crippen LogP contribution in [0.25, 0.3) is 0 Å². The minimum absolute atomic E-state index is 0.0231. The molecule has 2 aromatic carbocycles. The number of nitrogens with one attached hydrogen (secondary N) is 1. The van der Waals surface area contributed by atoms with Gasteiger partial charge < -0.3 is 9.47 Å². The number of halogens is 2. The maximum absolute atomic E-state index is 13.4. The van der Waals surface area contributed by atoms with Gasteiger partial charge in [-0.1, -0.05) is 11.6 Å². The number of ether oxygens (including phenoxy) is 2. The summed E-state index contributed by atoms with van der Waals surface area (Å²) in [5.74, 6) is -0.391. The van der Waals surface area contributed by atoms with Gasteiger partial charge in [-0.3, -0.25) is 4.72 Å². The highest BCUT2D eigenvalue weighted by Crippen LogP contribution is 2.32. The fourth-order valence-corrected chi connectivity index (χ4v) is 3.24. The van der Waals surface area contributed by atoms with E-state index < -0.39 is 15.8 Å². The lowest BCUT2D eigenvalue weighted by atomic mass is 10.3. The molecule has 2 rings (SSSR count). The molecular formula is C14H13ClFNO4S. The first-order chi connectivity index (χ1) is 10.4. The highest BCUT2D eigenvalue weighted by Gasteiger charge is 2.22. The Morgan fingerprint density at radius 1 is 1.05 bits per heavy atom. The first-order valence-corrected chi connectivity index (χ1v) is 7.93. The van der Waals surface area contributed by atoms with Gasteiger partial charge in [-0.15, -0.1) is 0 Å². The van der Waals surface area contributed by atoms with E-state index in [1.807, 2.05) is 0 Å². The Morgan fingerprint density at radius 2 is 1.68 bits per heavy atom. The topological polar surface area (TPSA) is 64.6 Å². The lowest BCUT2D eigenvalue weighted by molar-refractivity contribution is 0.401. The van der Waals surface area contributed by atoms with Crippen LogP contribution in [-0.4, -0.2) is 22.6 Å². The van der Waals surface area contributed by atoms with Crippen LogP contribution in [-0.2, 0) is 10.0 Å². The molecule has 0 amide bonds. The second kappa shape index (κ2) is 6.41. The average molecular weight is 346 g/mol. The Morgan fingerprint density at radius 3 is 2.32 bits per heavy atom. The van der Waals surface area contributed by atoms with E-state index in [1.165, 1.54) is 32.4 Å². The Labute approximate surface area is 132 Å². The number of hydrogen-bond donors (Lipinski definition) is 1. The first kappa shape index (κ1) is 16.4. The van der Waals surface area contributed by atoms with Gasteiger partial charge in [-0.25, -0.2) is 12.8 Å². The van der Waals surface area contributed by atoms with Crippen molar-refractivity contribution in [3.63, 3.8) is 0 Å². The van der Waals surface area contributed by atoms with Crippen molar-refractivity contribution >= 4 is 27.3 Å². The van der Waals surface area contributed by atoms with Crippen molar-refractivity contribution in [2.24, 2.45) is 0 Å². The number of sulfonamides is 1. The highest BCUT2D eigenvalue weighted by molar-refractivity contribution is 7.92. The van der Waals surface area contributed by atoms with Crippen LogP contribution in [0.4, 0.5) is 10.1 Å². The van der Waals surface area contributed by atoms with Gasteiger partial charge in [0, 0.05) is 5.02 Å². The van der Waals surface area contributed by atoms with E-state index in [0.717, 1.165) is 12.1 Å². The molecule has 0 aromatic heterocycles. The number of methoxy groups -OCH3 is 2. The summed E-state index contributed by atoms with van der Waals surface area (Å²) < 4.78 is 50.6. The molecule has 0 unspecified atom stereocenters. The summed E-state index contributed by atoms with van der Waals surface area (Å²) >= 11 is 5.86. The fraction of sp³-hybridized carbons (Fsp3) is 0.143. The van der Waals surface area contributed by atoms with Gasteiger partial charge in [0.05, 0.1) is 19.9 Å². The Kier molecular flexibility index (Phi) is 4.77. The van der Waals surface area contributed by atoms with Crippen LogP contribution in [0.2, 0.25) is 5.02 Å². The van der Waals surface area contributed by atoms with Gasteiger partial charge in [-0.2, -0.15) is 0 Å². The monoisotopic (exact) mass is 345 g/mol. The number of hydrogen-bond acceptors (Lipinski definition) is 4. The third-order valence-electron chi connectivity index (χ3n) is 2.82. The molecule has 0 spiro atoms. The Hall–Kier alpha value is -1.99. The third-order valence-corrected chi connectivity index (χ3v) is 4.44. The molecule has 5 nitrogen and oxygen atoms in total. The molecule has 8 heteroatoms. The minimum Gasteiger partial charge on any atom is -0.495 e. The van der Waals surface area contributed by atoms with E-state index in [4.69, 9.17) is 21.1 Å². The molecule has 0 radical (unpaired) electrons. The SMILES string of the molecule is COc1ccc(Cl)cc1NS(=O)(=O)c1cc(F)ccc1OC. The molecule has 0 aliphatic carbocycles. The lowest BCUT2D eigenvalue weighted by Crippen LogP contribution is -2.15. The molecule has 1 N–H and O–H groups in total. The van der Waals surface area contributed by atoms with Gasteiger partial charge in [0.1, 0.15) is 22.2 Å². The Bertz CT molecular complexity index is 795. The predicted molar refractivity (Wildman–Crippen MR) is 81.8 cm³/mol. The third kappa shape index (κ3) is 3.42. The largest absolute Gasteiger partial charge is 0.495 e. The molecule has 0 heterocycles. The van der Waals surface area contributed by atoms with Crippen molar-refractivity contribution in [3.05, 3.63) is 47.2 Å². The summed E-state index contributed by atoms with van der Waals surface area (Å²) in [5.41, 5.74) is 0.140. The van der Waals surface area contributed by atoms with Crippen LogP contribution in [0, 0.1) is 5.82 Å². The minimum atomic E-state index is -4.08. The van der Waals surface area contributed by atoms with Crippen molar-refractivity contribution in [1.29, 1.82) is 0 Å². The van der Waals surface area contributed by atoms with Gasteiger partial charge in [0.25, 0.3) is 10.0 Å². The van der Waals surface area contributed by atoms with Gasteiger partial charge in [0.15, 0.2) is 0 Å². The van der Waals surface area contributed by atoms with E-state index in [1.54, 1.807) is 6.07 Å². The number of anilines is 1. The lowest BCUT2D eigenvalue weighted by Gasteiger charge is -2.14. The van der Waals surface area contributed by atoms with Crippen molar-refractivity contribution in [1.82, 2.24) is 0 Å². The molecule has 0 aliphatic rings. The number of rotatable bonds is 5. The molecular weight excluding hydrogens is 333 g/mol. The van der Waals surface area contributed by atoms with Crippen LogP contribution in [0.1, 0.15) is 0 Å². The van der Waals surface area contributed by atoms with Crippen LogP contribution in [0.5, 0.6) is 11.5 Å². The summed E-state index contributed by atoms with van der Waals surface area (Å²) in [6.07, 6.45) is 0. The smallest absolute Gasteiger partial charge is 0.265 e. The first-order valence-electron chi connectivity index (χ1n) is 6.07. The van der Waals surface area contributed by atoms with Gasteiger partial charge in [-0.05, 0) is 36.4 Å². The van der Waals surface area contributed by atoms with E-state index in [0.29, 0.717) is 5.02 Å². The fourth-order valence-electron chi connectivity index (χ4n) is 1.82. The molecule has 0 fully saturated rings. The molecule has 2 aromatic rings. The zero-order chi connectivity index (χ0) is 16.3. The van der Waals surface area contributed by atoms with Gasteiger partial charge >= 0.3 is 0 Å². The molecule has 0 saturated heterocycles. The molecule has 22 heavy (non-hydrogen) atoms. The maximum Gasteiger partial charge on any atom is 0.265 e. The van der Waals surface area contributed by atoms with E-state index in [2.05, 4.69) is 4.72 Å². The quantitative estimate of drug-likeness (QED) is 0.903. The second-order valence-electron chi connectivity index (χ2n) is 4.25. The summed E-state index contributed by atoms with van der Waals surface area (Å²) in [6, 6.07) is 7.68. The van der Waals surface area contributed by atoms with Crippen molar-refractivity contribution in [2.45, 2.75) is 4.90 Å². The van der Waals surface area contributed by atoms with E-state index in [-0.39, 0.29) is 22.1 Å². The molecule has 0 bridgehead atoms. The maximum atomic E-state index is 13.4. The Balaban J connectivity index is 2.49. The van der Waals surface area contributed by atoms with Crippen molar-refractivity contribution < 1.29 is 22.3 Å². The summed E-state index contributed by atoms with van der Waals surface area (Å²) in [4.78, 5) is -0.322. The summed E-state index contributed by atoms with van der Waals surface area (Å²) in [5, 5.41) is 0.324. The zero-order valence-corrected chi connectivity index (χ0v) is 13.3. The highest BCUT2D eigenvalue weighted by atomic mass is 35.5. The molecule has 0 atom stereocenters. The predicted octanol–water partition coefficient (Wildman–Crippen LogP) is 3.30. The standard InChI is InChI=1S/C14H13ClFNO4S/c1-20-12-5-3-9(15)7-11(12)17-22(18,19)14-8-10(16)4-6-13(14)21-2/h3-8,17H,1-2H3. The second-order valence-corrected chi connectivity index (χ2v) is 6.33. The normalized spacial score (nSPS) is 11.1. The van der Waals surface area contributed by atoms with E-state index in [9.17, 15) is 12.8 Å². The van der Waals surface area contributed by atoms with Crippen LogP contribution < -0.4 is 14.2 Å². The van der Waals surface area contributed by atoms with Crippen LogP contribution in [0.15, 0.2) is 41.3 Å². The average Bonchev–Trinajstić information content (AvgIpc) is 2.47. The van der Waals surface area contributed by atoms with Crippen LogP contribution in [0.3, 0.4) is 0 Å². The summed E-state index contributed by atoms with van der Waals surface area (Å²) in [7, 11) is -1.39. The van der Waals surface area contributed by atoms with Crippen LogP contribution >= 0.6 is 11.6 Å². The van der Waals surface area contributed by atoms with Crippen molar-refractivity contribution in [3.8, 4) is 11.5 Å². The zero-order valence-electron chi connectivity index (χ0n) is 11.8. The molecule has 118 valence electrons. The molecule has 0 aliphatic heterocycles. The summed E-state index contributed by atoms with van der Waals surface area (Å²) in [6.45, 7) is 0. The molecule has 0 saturated carbocycles. The van der Waals surface area contributed by atoms with Crippen molar-refractivity contribution in [2.75, 3.05) is 18.9 Å². The van der Waals surface area contributed by atoms with Gasteiger partial charge in [0.2, 0.25) is 0 Å².